The van der Waals surface area contributed by atoms with Crippen LogP contribution in [0.15, 0.2) is 24.3 Å². The number of carbonyl (C=O) groups is 2. The normalized spacial score (nSPS) is 21.1. The molecule has 22 heavy (non-hydrogen) atoms. The van der Waals surface area contributed by atoms with E-state index in [1.54, 1.807) is 0 Å². The van der Waals surface area contributed by atoms with Gasteiger partial charge in [0.15, 0.2) is 0 Å². The van der Waals surface area contributed by atoms with Crippen molar-refractivity contribution in [2.45, 2.75) is 31.9 Å². The Kier molecular flexibility index (Phi) is 4.05. The monoisotopic (exact) mass is 302 g/mol. The minimum atomic E-state index is -0.301. The summed E-state index contributed by atoms with van der Waals surface area (Å²) in [5, 5.41) is 0. The number of nitrogens with zero attached hydrogens (tertiary/aromatic N) is 2. The van der Waals surface area contributed by atoms with Gasteiger partial charge in [0.05, 0.1) is 5.92 Å². The van der Waals surface area contributed by atoms with Crippen molar-refractivity contribution in [3.8, 4) is 0 Å². The van der Waals surface area contributed by atoms with E-state index in [2.05, 4.69) is 0 Å². The molecule has 0 aromatic heterocycles. The predicted molar refractivity (Wildman–Crippen MR) is 83.4 cm³/mol. The van der Waals surface area contributed by atoms with Crippen LogP contribution >= 0.6 is 0 Å². The zero-order valence-corrected chi connectivity index (χ0v) is 13.1. The number of esters is 1. The molecule has 118 valence electrons. The first-order valence-electron chi connectivity index (χ1n) is 7.77. The Morgan fingerprint density at radius 1 is 1.36 bits per heavy atom. The Hall–Kier alpha value is -2.04. The van der Waals surface area contributed by atoms with Crippen LogP contribution in [0.3, 0.4) is 0 Å². The van der Waals surface area contributed by atoms with Crippen LogP contribution in [0.5, 0.6) is 0 Å². The van der Waals surface area contributed by atoms with E-state index in [4.69, 9.17) is 4.74 Å². The van der Waals surface area contributed by atoms with Gasteiger partial charge in [-0.2, -0.15) is 0 Å². The smallest absolute Gasteiger partial charge is 0.311 e. The third kappa shape index (κ3) is 3.24. The number of amides is 1. The summed E-state index contributed by atoms with van der Waals surface area (Å²) in [6.07, 6.45) is 2.45. The summed E-state index contributed by atoms with van der Waals surface area (Å²) < 4.78 is 5.41. The molecule has 1 aliphatic carbocycles. The van der Waals surface area contributed by atoms with Crippen LogP contribution in [0.2, 0.25) is 0 Å². The van der Waals surface area contributed by atoms with Gasteiger partial charge < -0.3 is 14.5 Å². The first-order chi connectivity index (χ1) is 10.5. The minimum Gasteiger partial charge on any atom is -0.461 e. The molecule has 1 heterocycles. The van der Waals surface area contributed by atoms with Gasteiger partial charge in [-0.3, -0.25) is 9.59 Å². The molecule has 0 radical (unpaired) electrons. The number of rotatable bonds is 5. The Labute approximate surface area is 130 Å². The second-order valence-corrected chi connectivity index (χ2v) is 6.35. The van der Waals surface area contributed by atoms with Gasteiger partial charge in [0.2, 0.25) is 5.91 Å². The van der Waals surface area contributed by atoms with Crippen molar-refractivity contribution in [3.63, 3.8) is 0 Å². The molecule has 1 aromatic carbocycles. The van der Waals surface area contributed by atoms with E-state index in [1.165, 1.54) is 0 Å². The van der Waals surface area contributed by atoms with Crippen LogP contribution in [0.25, 0.3) is 0 Å². The lowest BCUT2D eigenvalue weighted by atomic mass is 10.1. The van der Waals surface area contributed by atoms with Gasteiger partial charge in [-0.15, -0.1) is 0 Å². The summed E-state index contributed by atoms with van der Waals surface area (Å²) in [6.45, 7) is 0.786. The highest BCUT2D eigenvalue weighted by Crippen LogP contribution is 2.33. The quantitative estimate of drug-likeness (QED) is 0.778. The molecular weight excluding hydrogens is 280 g/mol. The maximum Gasteiger partial charge on any atom is 0.311 e. The Bertz CT molecular complexity index is 581. The fraction of sp³-hybridized carbons (Fsp3) is 0.529. The maximum absolute atomic E-state index is 12.2. The number of benzene rings is 1. The van der Waals surface area contributed by atoms with Crippen molar-refractivity contribution in [3.05, 3.63) is 29.8 Å². The molecule has 0 spiro atoms. The molecule has 2 fully saturated rings. The van der Waals surface area contributed by atoms with Crippen LogP contribution in [-0.4, -0.2) is 43.5 Å². The van der Waals surface area contributed by atoms with E-state index in [1.807, 2.05) is 48.2 Å². The maximum atomic E-state index is 12.2. The van der Waals surface area contributed by atoms with Crippen molar-refractivity contribution in [2.75, 3.05) is 25.5 Å². The standard InChI is InChI=1S/C17H22N2O3/c1-18(2)15-5-3-4-12(8-15)11-22-17(21)13-9-16(20)19(10-13)14-6-7-14/h3-5,8,13-14H,6-7,9-11H2,1-2H3. The van der Waals surface area contributed by atoms with Crippen LogP contribution in [0.4, 0.5) is 5.69 Å². The Balaban J connectivity index is 1.54. The molecule has 1 saturated heterocycles. The fourth-order valence-electron chi connectivity index (χ4n) is 2.83. The summed E-state index contributed by atoms with van der Waals surface area (Å²) in [7, 11) is 3.95. The van der Waals surface area contributed by atoms with E-state index < -0.39 is 0 Å². The van der Waals surface area contributed by atoms with Gasteiger partial charge in [0.25, 0.3) is 0 Å². The minimum absolute atomic E-state index is 0.0963. The lowest BCUT2D eigenvalue weighted by Gasteiger charge is -2.15. The average molecular weight is 302 g/mol. The zero-order chi connectivity index (χ0) is 15.7. The molecule has 1 amide bonds. The molecule has 5 heteroatoms. The van der Waals surface area contributed by atoms with Crippen LogP contribution in [0, 0.1) is 5.92 Å². The summed E-state index contributed by atoms with van der Waals surface area (Å²) in [6, 6.07) is 8.28. The van der Waals surface area contributed by atoms with E-state index in [9.17, 15) is 9.59 Å². The molecule has 1 atom stereocenters. The SMILES string of the molecule is CN(C)c1cccc(COC(=O)C2CC(=O)N(C3CC3)C2)c1. The van der Waals surface area contributed by atoms with Crippen molar-refractivity contribution in [1.82, 2.24) is 4.90 Å². The summed E-state index contributed by atoms with van der Waals surface area (Å²) in [4.78, 5) is 27.9. The molecule has 1 aromatic rings. The number of likely N-dealkylation sites (tertiary alicyclic amines) is 1. The highest BCUT2D eigenvalue weighted by molar-refractivity contribution is 5.87. The third-order valence-electron chi connectivity index (χ3n) is 4.29. The highest BCUT2D eigenvalue weighted by Gasteiger charge is 2.42. The summed E-state index contributed by atoms with van der Waals surface area (Å²) >= 11 is 0. The van der Waals surface area contributed by atoms with Crippen LogP contribution in [0.1, 0.15) is 24.8 Å². The largest absolute Gasteiger partial charge is 0.461 e. The lowest BCUT2D eigenvalue weighted by Crippen LogP contribution is -2.28. The molecule has 1 aliphatic heterocycles. The molecular formula is C17H22N2O3. The molecule has 2 aliphatic rings. The predicted octanol–water partition coefficient (Wildman–Crippen LogP) is 1.81. The first-order valence-corrected chi connectivity index (χ1v) is 7.77. The molecule has 1 unspecified atom stereocenters. The van der Waals surface area contributed by atoms with E-state index in [0.29, 0.717) is 19.0 Å². The number of hydrogen-bond acceptors (Lipinski definition) is 4. The zero-order valence-electron chi connectivity index (χ0n) is 13.1. The molecule has 0 bridgehead atoms. The fourth-order valence-corrected chi connectivity index (χ4v) is 2.83. The lowest BCUT2D eigenvalue weighted by molar-refractivity contribution is -0.149. The first kappa shape index (κ1) is 14.9. The number of carbonyl (C=O) groups excluding carboxylic acids is 2. The van der Waals surface area contributed by atoms with Crippen molar-refractivity contribution >= 4 is 17.6 Å². The molecule has 5 nitrogen and oxygen atoms in total. The molecule has 0 N–H and O–H groups in total. The number of hydrogen-bond donors (Lipinski definition) is 0. The van der Waals surface area contributed by atoms with Gasteiger partial charge in [-0.1, -0.05) is 12.1 Å². The van der Waals surface area contributed by atoms with E-state index in [0.717, 1.165) is 24.1 Å². The van der Waals surface area contributed by atoms with E-state index >= 15 is 0 Å². The third-order valence-corrected chi connectivity index (χ3v) is 4.29. The summed E-state index contributed by atoms with van der Waals surface area (Å²) in [5.41, 5.74) is 2.03. The highest BCUT2D eigenvalue weighted by atomic mass is 16.5. The second-order valence-electron chi connectivity index (χ2n) is 6.35. The number of anilines is 1. The average Bonchev–Trinajstić information content (AvgIpc) is 3.27. The molecule has 3 rings (SSSR count). The van der Waals surface area contributed by atoms with Gasteiger partial charge in [-0.05, 0) is 30.5 Å². The van der Waals surface area contributed by atoms with Crippen LogP contribution < -0.4 is 4.90 Å². The van der Waals surface area contributed by atoms with Crippen molar-refractivity contribution < 1.29 is 14.3 Å². The van der Waals surface area contributed by atoms with E-state index in [-0.39, 0.29) is 24.4 Å². The topological polar surface area (TPSA) is 49.9 Å². The Morgan fingerprint density at radius 3 is 2.82 bits per heavy atom. The summed E-state index contributed by atoms with van der Waals surface area (Å²) in [5.74, 6) is -0.462. The van der Waals surface area contributed by atoms with Crippen LogP contribution in [-0.2, 0) is 20.9 Å². The van der Waals surface area contributed by atoms with Crippen molar-refractivity contribution in [1.29, 1.82) is 0 Å². The van der Waals surface area contributed by atoms with Crippen molar-refractivity contribution in [2.24, 2.45) is 5.92 Å². The van der Waals surface area contributed by atoms with Gasteiger partial charge in [0, 0.05) is 38.8 Å². The second kappa shape index (κ2) is 5.99. The Morgan fingerprint density at radius 2 is 2.14 bits per heavy atom. The van der Waals surface area contributed by atoms with Gasteiger partial charge in [0.1, 0.15) is 6.61 Å². The van der Waals surface area contributed by atoms with Gasteiger partial charge >= 0.3 is 5.97 Å². The number of ether oxygens (including phenoxy) is 1. The van der Waals surface area contributed by atoms with Gasteiger partial charge in [-0.25, -0.2) is 0 Å². The molecule has 1 saturated carbocycles.